The third-order valence-electron chi connectivity index (χ3n) is 9.12. The molecule has 4 aromatic rings. The molecule has 3 fully saturated rings. The minimum atomic E-state index is -0.651. The maximum atomic E-state index is 13.9. The maximum absolute atomic E-state index is 13.9. The number of hydrogen-bond donors (Lipinski definition) is 2. The van der Waals surface area contributed by atoms with Crippen molar-refractivity contribution in [2.45, 2.75) is 56.8 Å². The van der Waals surface area contributed by atoms with Gasteiger partial charge in [0.15, 0.2) is 0 Å². The third kappa shape index (κ3) is 3.39. The van der Waals surface area contributed by atoms with Crippen molar-refractivity contribution in [2.24, 2.45) is 11.3 Å². The first-order chi connectivity index (χ1) is 17.5. The van der Waals surface area contributed by atoms with Crippen LogP contribution in [0.4, 0.5) is 4.39 Å². The van der Waals surface area contributed by atoms with Crippen molar-refractivity contribution in [3.63, 3.8) is 0 Å². The highest BCUT2D eigenvalue weighted by molar-refractivity contribution is 5.99. The molecule has 2 aliphatic carbocycles. The van der Waals surface area contributed by atoms with Gasteiger partial charge >= 0.3 is 5.97 Å². The summed E-state index contributed by atoms with van der Waals surface area (Å²) in [6, 6.07) is 11.3. The second-order valence-electron chi connectivity index (χ2n) is 11.2. The summed E-state index contributed by atoms with van der Waals surface area (Å²) in [7, 11) is 0. The van der Waals surface area contributed by atoms with Crippen molar-refractivity contribution in [2.75, 3.05) is 13.2 Å². The topological polar surface area (TPSA) is 80.1 Å². The number of nitrogens with one attached hydrogen (secondary N) is 1. The average molecular weight is 488 g/mol. The summed E-state index contributed by atoms with van der Waals surface area (Å²) in [5, 5.41) is 19.2. The standard InChI is InChI=1S/C29H30FN3O3/c30-21-1-3-22(4-2-21)33-25-11-19-16-31-32-24(19)12-23(25)26(27(33)17-6-9-36-10-7-17)18-5-8-29(13-18)14-20(15-29)28(34)35/h1-4,11-12,16-18,20H,5-10,13-15H2,(H,31,32)(H,34,35). The van der Waals surface area contributed by atoms with E-state index in [0.717, 1.165) is 80.3 Å². The maximum Gasteiger partial charge on any atom is 0.306 e. The van der Waals surface area contributed by atoms with Gasteiger partial charge in [0, 0.05) is 41.3 Å². The Kier molecular flexibility index (Phi) is 5.00. The van der Waals surface area contributed by atoms with Gasteiger partial charge in [0.05, 0.1) is 23.1 Å². The Hall–Kier alpha value is -3.19. The molecule has 7 rings (SSSR count). The van der Waals surface area contributed by atoms with E-state index in [1.807, 2.05) is 18.3 Å². The van der Waals surface area contributed by atoms with E-state index in [0.29, 0.717) is 11.8 Å². The second kappa shape index (κ2) is 8.17. The quantitative estimate of drug-likeness (QED) is 0.355. The van der Waals surface area contributed by atoms with Crippen LogP contribution in [0.3, 0.4) is 0 Å². The van der Waals surface area contributed by atoms with Crippen LogP contribution in [-0.4, -0.2) is 39.1 Å². The summed E-state index contributed by atoms with van der Waals surface area (Å²) in [6.45, 7) is 1.49. The van der Waals surface area contributed by atoms with Gasteiger partial charge in [0.25, 0.3) is 0 Å². The number of aromatic amines is 1. The van der Waals surface area contributed by atoms with Crippen molar-refractivity contribution >= 4 is 27.8 Å². The number of benzene rings is 2. The zero-order chi connectivity index (χ0) is 24.4. The molecule has 0 bridgehead atoms. The predicted octanol–water partition coefficient (Wildman–Crippen LogP) is 6.29. The lowest BCUT2D eigenvalue weighted by molar-refractivity contribution is -0.150. The number of carboxylic acid groups (broad SMARTS) is 1. The molecule has 3 heterocycles. The zero-order valence-corrected chi connectivity index (χ0v) is 20.2. The monoisotopic (exact) mass is 487 g/mol. The molecule has 36 heavy (non-hydrogen) atoms. The van der Waals surface area contributed by atoms with Gasteiger partial charge in [-0.1, -0.05) is 0 Å². The lowest BCUT2D eigenvalue weighted by Gasteiger charge is -2.43. The molecule has 1 saturated heterocycles. The second-order valence-corrected chi connectivity index (χ2v) is 11.2. The minimum Gasteiger partial charge on any atom is -0.481 e. The van der Waals surface area contributed by atoms with Crippen LogP contribution in [0, 0.1) is 17.2 Å². The van der Waals surface area contributed by atoms with E-state index in [-0.39, 0.29) is 17.2 Å². The molecule has 3 aliphatic rings. The molecule has 1 unspecified atom stereocenters. The van der Waals surface area contributed by atoms with Gasteiger partial charge in [0.2, 0.25) is 0 Å². The van der Waals surface area contributed by atoms with Crippen LogP contribution in [0.15, 0.2) is 42.6 Å². The van der Waals surface area contributed by atoms with Gasteiger partial charge in [-0.3, -0.25) is 9.89 Å². The molecule has 186 valence electrons. The molecule has 1 spiro atoms. The third-order valence-corrected chi connectivity index (χ3v) is 9.12. The lowest BCUT2D eigenvalue weighted by Crippen LogP contribution is -2.39. The number of H-pyrrole nitrogens is 1. The van der Waals surface area contributed by atoms with Gasteiger partial charge in [-0.15, -0.1) is 0 Å². The molecule has 6 nitrogen and oxygen atoms in total. The van der Waals surface area contributed by atoms with Crippen LogP contribution in [0.2, 0.25) is 0 Å². The van der Waals surface area contributed by atoms with Crippen molar-refractivity contribution in [1.29, 1.82) is 0 Å². The molecule has 0 radical (unpaired) electrons. The number of ether oxygens (including phenoxy) is 1. The molecule has 1 atom stereocenters. The fourth-order valence-electron chi connectivity index (χ4n) is 7.42. The van der Waals surface area contributed by atoms with E-state index in [4.69, 9.17) is 4.74 Å². The van der Waals surface area contributed by atoms with Crippen LogP contribution in [-0.2, 0) is 9.53 Å². The smallest absolute Gasteiger partial charge is 0.306 e. The summed E-state index contributed by atoms with van der Waals surface area (Å²) < 4.78 is 22.0. The zero-order valence-electron chi connectivity index (χ0n) is 20.2. The first-order valence-electron chi connectivity index (χ1n) is 13.1. The number of carbonyl (C=O) groups is 1. The number of nitrogens with zero attached hydrogens (tertiary/aromatic N) is 2. The van der Waals surface area contributed by atoms with Gasteiger partial charge in [-0.25, -0.2) is 4.39 Å². The van der Waals surface area contributed by atoms with Crippen molar-refractivity contribution in [3.8, 4) is 5.69 Å². The molecule has 7 heteroatoms. The van der Waals surface area contributed by atoms with Gasteiger partial charge in [-0.05, 0) is 98.2 Å². The predicted molar refractivity (Wildman–Crippen MR) is 135 cm³/mol. The van der Waals surface area contributed by atoms with E-state index in [1.54, 1.807) is 0 Å². The number of aliphatic carboxylic acids is 1. The Bertz CT molecular complexity index is 1460. The Morgan fingerprint density at radius 2 is 1.86 bits per heavy atom. The number of aromatic nitrogens is 3. The number of fused-ring (bicyclic) bond motifs is 2. The Morgan fingerprint density at radius 1 is 1.08 bits per heavy atom. The van der Waals surface area contributed by atoms with Crippen molar-refractivity contribution in [3.05, 3.63) is 59.7 Å². The van der Waals surface area contributed by atoms with E-state index in [1.165, 1.54) is 28.8 Å². The number of halogens is 1. The first-order valence-corrected chi connectivity index (χ1v) is 13.1. The van der Waals surface area contributed by atoms with Crippen LogP contribution < -0.4 is 0 Å². The minimum absolute atomic E-state index is 0.156. The van der Waals surface area contributed by atoms with Crippen LogP contribution in [0.5, 0.6) is 0 Å². The summed E-state index contributed by atoms with van der Waals surface area (Å²) in [5.74, 6) is -0.351. The molecule has 2 aromatic carbocycles. The Morgan fingerprint density at radius 3 is 2.61 bits per heavy atom. The van der Waals surface area contributed by atoms with Crippen LogP contribution >= 0.6 is 0 Å². The summed E-state index contributed by atoms with van der Waals surface area (Å²) in [5.41, 5.74) is 6.00. The molecule has 2 N–H and O–H groups in total. The van der Waals surface area contributed by atoms with Crippen molar-refractivity contribution < 1.29 is 19.0 Å². The normalized spacial score (nSPS) is 26.7. The molecular formula is C29H30FN3O3. The summed E-state index contributed by atoms with van der Waals surface area (Å²) in [4.78, 5) is 11.5. The van der Waals surface area contributed by atoms with Crippen LogP contribution in [0.1, 0.15) is 68.0 Å². The van der Waals surface area contributed by atoms with E-state index < -0.39 is 5.97 Å². The molecule has 2 saturated carbocycles. The van der Waals surface area contributed by atoms with E-state index in [9.17, 15) is 14.3 Å². The number of carboxylic acids is 1. The highest BCUT2D eigenvalue weighted by Crippen LogP contribution is 2.61. The Balaban J connectivity index is 1.43. The first kappa shape index (κ1) is 22.0. The molecule has 1 aliphatic heterocycles. The number of hydrogen-bond acceptors (Lipinski definition) is 3. The van der Waals surface area contributed by atoms with E-state index >= 15 is 0 Å². The molecular weight excluding hydrogens is 457 g/mol. The number of rotatable bonds is 4. The van der Waals surface area contributed by atoms with Crippen LogP contribution in [0.25, 0.3) is 27.5 Å². The largest absolute Gasteiger partial charge is 0.481 e. The highest BCUT2D eigenvalue weighted by Gasteiger charge is 2.52. The fourth-order valence-corrected chi connectivity index (χ4v) is 7.42. The highest BCUT2D eigenvalue weighted by atomic mass is 19.1. The van der Waals surface area contributed by atoms with Gasteiger partial charge in [-0.2, -0.15) is 5.10 Å². The fraction of sp³-hybridized carbons (Fsp3) is 0.448. The molecule has 2 aromatic heterocycles. The average Bonchev–Trinajstić information content (AvgIpc) is 3.58. The summed E-state index contributed by atoms with van der Waals surface area (Å²) >= 11 is 0. The SMILES string of the molecule is O=C(O)C1CC2(CCC(c3c(C4CCOCC4)n(-c4ccc(F)cc4)c4cc5cn[nH]c5cc34)C2)C1. The van der Waals surface area contributed by atoms with Gasteiger partial charge < -0.3 is 14.4 Å². The summed E-state index contributed by atoms with van der Waals surface area (Å²) in [6.07, 6.45) is 8.58. The van der Waals surface area contributed by atoms with E-state index in [2.05, 4.69) is 26.9 Å². The molecule has 0 amide bonds. The Labute approximate surface area is 208 Å². The van der Waals surface area contributed by atoms with Gasteiger partial charge in [0.1, 0.15) is 5.82 Å². The van der Waals surface area contributed by atoms with Crippen molar-refractivity contribution in [1.82, 2.24) is 14.8 Å². The lowest BCUT2D eigenvalue weighted by atomic mass is 9.60.